The fraction of sp³-hybridized carbons (Fsp3) is 0.600. The van der Waals surface area contributed by atoms with E-state index in [9.17, 15) is 9.59 Å². The first kappa shape index (κ1) is 9.24. The Morgan fingerprint density at radius 1 is 1.43 bits per heavy atom. The van der Waals surface area contributed by atoms with Crippen molar-refractivity contribution in [3.05, 3.63) is 12.2 Å². The molecule has 1 fully saturated rings. The second-order valence-corrected chi connectivity index (χ2v) is 4.02. The number of amides is 1. The molecule has 1 N–H and O–H groups in total. The van der Waals surface area contributed by atoms with E-state index in [2.05, 4.69) is 0 Å². The van der Waals surface area contributed by atoms with Crippen LogP contribution in [0.25, 0.3) is 0 Å². The van der Waals surface area contributed by atoms with Crippen molar-refractivity contribution in [2.24, 2.45) is 11.8 Å². The van der Waals surface area contributed by atoms with Gasteiger partial charge >= 0.3 is 6.09 Å². The number of fused-ring (bicyclic) bond motifs is 2. The van der Waals surface area contributed by atoms with Crippen molar-refractivity contribution in [1.29, 1.82) is 0 Å². The van der Waals surface area contributed by atoms with Gasteiger partial charge in [0.05, 0.1) is 6.04 Å². The van der Waals surface area contributed by atoms with E-state index in [-0.39, 0.29) is 23.7 Å². The lowest BCUT2D eigenvalue weighted by molar-refractivity contribution is -0.124. The highest BCUT2D eigenvalue weighted by Gasteiger charge is 2.41. The number of nitrogens with zero attached hydrogens (tertiary/aromatic N) is 1. The molecule has 76 valence electrons. The summed E-state index contributed by atoms with van der Waals surface area (Å²) in [6.45, 7) is 2.08. The third-order valence-corrected chi connectivity index (χ3v) is 3.11. The Balaban J connectivity index is 2.25. The van der Waals surface area contributed by atoms with Crippen molar-refractivity contribution >= 4 is 11.9 Å². The lowest BCUT2D eigenvalue weighted by atomic mass is 9.76. The lowest BCUT2D eigenvalue weighted by Gasteiger charge is -2.44. The maximum absolute atomic E-state index is 11.3. The van der Waals surface area contributed by atoms with Gasteiger partial charge in [0.25, 0.3) is 0 Å². The summed E-state index contributed by atoms with van der Waals surface area (Å²) in [6.07, 6.45) is 3.78. The van der Waals surface area contributed by atoms with Crippen LogP contribution in [-0.4, -0.2) is 34.5 Å². The van der Waals surface area contributed by atoms with Gasteiger partial charge in [-0.3, -0.25) is 4.79 Å². The van der Waals surface area contributed by atoms with Gasteiger partial charge in [0.1, 0.15) is 5.78 Å². The molecule has 3 rings (SSSR count). The van der Waals surface area contributed by atoms with Crippen LogP contribution in [0.15, 0.2) is 12.2 Å². The molecule has 4 heteroatoms. The molecule has 1 amide bonds. The van der Waals surface area contributed by atoms with Crippen LogP contribution in [0.5, 0.6) is 0 Å². The van der Waals surface area contributed by atoms with Gasteiger partial charge < -0.3 is 10.0 Å². The molecule has 0 saturated carbocycles. The van der Waals surface area contributed by atoms with Gasteiger partial charge in [0.2, 0.25) is 0 Å². The number of carbonyl (C=O) groups excluding carboxylic acids is 1. The maximum atomic E-state index is 11.3. The van der Waals surface area contributed by atoms with Crippen LogP contribution >= 0.6 is 0 Å². The number of rotatable bonds is 1. The lowest BCUT2D eigenvalue weighted by Crippen LogP contribution is -2.54. The van der Waals surface area contributed by atoms with Crippen LogP contribution in [0.1, 0.15) is 13.3 Å². The zero-order valence-electron chi connectivity index (χ0n) is 8.01. The van der Waals surface area contributed by atoms with E-state index >= 15 is 0 Å². The van der Waals surface area contributed by atoms with Crippen molar-refractivity contribution < 1.29 is 14.7 Å². The molecule has 14 heavy (non-hydrogen) atoms. The zero-order chi connectivity index (χ0) is 10.3. The molecule has 4 nitrogen and oxygen atoms in total. The highest BCUT2D eigenvalue weighted by Crippen LogP contribution is 2.34. The SMILES string of the molecule is CC(=O)C1CC2C=CC1N(C(=O)O)C2. The van der Waals surface area contributed by atoms with E-state index in [0.29, 0.717) is 6.54 Å². The first-order chi connectivity index (χ1) is 6.59. The molecule has 1 aliphatic carbocycles. The Hall–Kier alpha value is -1.32. The second-order valence-electron chi connectivity index (χ2n) is 4.02. The quantitative estimate of drug-likeness (QED) is 0.638. The Morgan fingerprint density at radius 3 is 2.64 bits per heavy atom. The van der Waals surface area contributed by atoms with Gasteiger partial charge in [0, 0.05) is 12.5 Å². The van der Waals surface area contributed by atoms with Crippen LogP contribution in [0.3, 0.4) is 0 Å². The number of carboxylic acid groups (broad SMARTS) is 1. The number of ketones is 1. The van der Waals surface area contributed by atoms with Crippen molar-refractivity contribution in [2.45, 2.75) is 19.4 Å². The number of hydrogen-bond acceptors (Lipinski definition) is 2. The second kappa shape index (κ2) is 3.12. The van der Waals surface area contributed by atoms with Gasteiger partial charge in [-0.2, -0.15) is 0 Å². The van der Waals surface area contributed by atoms with Crippen LogP contribution in [0.2, 0.25) is 0 Å². The predicted octanol–water partition coefficient (Wildman–Crippen LogP) is 1.13. The Kier molecular flexibility index (Phi) is 2.06. The van der Waals surface area contributed by atoms with Gasteiger partial charge in [-0.1, -0.05) is 12.2 Å². The first-order valence-corrected chi connectivity index (χ1v) is 4.78. The van der Waals surface area contributed by atoms with E-state index < -0.39 is 6.09 Å². The van der Waals surface area contributed by atoms with Crippen molar-refractivity contribution in [2.75, 3.05) is 6.54 Å². The first-order valence-electron chi connectivity index (χ1n) is 4.78. The summed E-state index contributed by atoms with van der Waals surface area (Å²) in [5.41, 5.74) is 0. The monoisotopic (exact) mass is 195 g/mol. The minimum absolute atomic E-state index is 0.0929. The van der Waals surface area contributed by atoms with Crippen LogP contribution in [-0.2, 0) is 4.79 Å². The molecule has 3 unspecified atom stereocenters. The van der Waals surface area contributed by atoms with Gasteiger partial charge in [0.15, 0.2) is 0 Å². The molecule has 2 bridgehead atoms. The zero-order valence-corrected chi connectivity index (χ0v) is 8.01. The van der Waals surface area contributed by atoms with E-state index in [1.807, 2.05) is 12.2 Å². The fourth-order valence-electron chi connectivity index (χ4n) is 2.39. The third kappa shape index (κ3) is 1.31. The van der Waals surface area contributed by atoms with Gasteiger partial charge in [-0.25, -0.2) is 4.79 Å². The topological polar surface area (TPSA) is 57.6 Å². The normalized spacial score (nSPS) is 34.6. The number of piperidine rings is 1. The largest absolute Gasteiger partial charge is 0.465 e. The molecule has 0 aromatic carbocycles. The van der Waals surface area contributed by atoms with Gasteiger partial charge in [-0.05, 0) is 19.3 Å². The van der Waals surface area contributed by atoms with Crippen molar-refractivity contribution in [1.82, 2.24) is 4.90 Å². The van der Waals surface area contributed by atoms with Crippen LogP contribution in [0, 0.1) is 11.8 Å². The summed E-state index contributed by atoms with van der Waals surface area (Å²) in [5, 5.41) is 8.94. The van der Waals surface area contributed by atoms with E-state index in [1.165, 1.54) is 4.90 Å². The molecular formula is C10H13NO3. The smallest absolute Gasteiger partial charge is 0.407 e. The van der Waals surface area contributed by atoms with Gasteiger partial charge in [-0.15, -0.1) is 0 Å². The van der Waals surface area contributed by atoms with E-state index in [1.54, 1.807) is 6.92 Å². The molecule has 3 aliphatic rings. The molecule has 0 spiro atoms. The minimum atomic E-state index is -0.921. The molecule has 0 aromatic heterocycles. The molecule has 2 heterocycles. The molecule has 3 atom stereocenters. The standard InChI is InChI=1S/C10H13NO3/c1-6(12)8-4-7-2-3-9(8)11(5-7)10(13)14/h2-3,7-9H,4-5H2,1H3,(H,13,14). The summed E-state index contributed by atoms with van der Waals surface area (Å²) >= 11 is 0. The average molecular weight is 195 g/mol. The highest BCUT2D eigenvalue weighted by atomic mass is 16.4. The molecule has 1 saturated heterocycles. The molecule has 0 aromatic rings. The summed E-state index contributed by atoms with van der Waals surface area (Å²) < 4.78 is 0. The third-order valence-electron chi connectivity index (χ3n) is 3.11. The molecular weight excluding hydrogens is 182 g/mol. The Morgan fingerprint density at radius 2 is 2.14 bits per heavy atom. The summed E-state index contributed by atoms with van der Waals surface area (Å²) in [5.74, 6) is 0.190. The average Bonchev–Trinajstić information content (AvgIpc) is 2.18. The van der Waals surface area contributed by atoms with E-state index in [4.69, 9.17) is 5.11 Å². The fourth-order valence-corrected chi connectivity index (χ4v) is 2.39. The Bertz CT molecular complexity index is 286. The van der Waals surface area contributed by atoms with Crippen LogP contribution in [0.4, 0.5) is 4.79 Å². The number of carbonyl (C=O) groups is 2. The summed E-state index contributed by atoms with van der Waals surface area (Å²) in [7, 11) is 0. The number of Topliss-reactive ketones (excluding diaryl/α,β-unsaturated/α-hetero) is 1. The van der Waals surface area contributed by atoms with Crippen LogP contribution < -0.4 is 0 Å². The number of hydrogen-bond donors (Lipinski definition) is 1. The summed E-state index contributed by atoms with van der Waals surface area (Å²) in [6, 6.07) is -0.227. The minimum Gasteiger partial charge on any atom is -0.465 e. The summed E-state index contributed by atoms with van der Waals surface area (Å²) in [4.78, 5) is 23.6. The van der Waals surface area contributed by atoms with Crippen molar-refractivity contribution in [3.8, 4) is 0 Å². The molecule has 2 aliphatic heterocycles. The van der Waals surface area contributed by atoms with E-state index in [0.717, 1.165) is 6.42 Å². The Labute approximate surface area is 82.2 Å². The molecule has 0 radical (unpaired) electrons. The maximum Gasteiger partial charge on any atom is 0.407 e. The highest BCUT2D eigenvalue weighted by molar-refractivity contribution is 5.81. The predicted molar refractivity (Wildman–Crippen MR) is 49.9 cm³/mol. The van der Waals surface area contributed by atoms with Crippen molar-refractivity contribution in [3.63, 3.8) is 0 Å².